The zero-order chi connectivity index (χ0) is 31.1. The number of fused-ring (bicyclic) bond motifs is 4. The number of hydrogen-bond donors (Lipinski definition) is 0. The van der Waals surface area contributed by atoms with Crippen LogP contribution >= 0.6 is 0 Å². The Bertz CT molecular complexity index is 1100. The third kappa shape index (κ3) is 6.07. The average Bonchev–Trinajstić information content (AvgIpc) is 3.30. The van der Waals surface area contributed by atoms with Gasteiger partial charge in [0.1, 0.15) is 8.24 Å². The molecular formula is C40H67NSi. The molecule has 42 heavy (non-hydrogen) atoms. The first-order chi connectivity index (χ1) is 19.6. The van der Waals surface area contributed by atoms with Crippen LogP contribution in [0.25, 0.3) is 5.57 Å². The lowest BCUT2D eigenvalue weighted by Crippen LogP contribution is -2.67. The molecule has 236 valence electrons. The van der Waals surface area contributed by atoms with Crippen molar-refractivity contribution in [3.63, 3.8) is 0 Å². The Morgan fingerprint density at radius 1 is 0.714 bits per heavy atom. The Morgan fingerprint density at radius 3 is 1.79 bits per heavy atom. The lowest BCUT2D eigenvalue weighted by molar-refractivity contribution is 0.121. The molecule has 0 heterocycles. The Kier molecular flexibility index (Phi) is 10.2. The summed E-state index contributed by atoms with van der Waals surface area (Å²) in [6, 6.07) is 9.64. The minimum atomic E-state index is -1.86. The summed E-state index contributed by atoms with van der Waals surface area (Å²) in [5.41, 5.74) is 7.88. The highest BCUT2D eigenvalue weighted by Gasteiger charge is 2.59. The first-order valence-electron chi connectivity index (χ1n) is 18.0. The molecule has 1 fully saturated rings. The van der Waals surface area contributed by atoms with Crippen LogP contribution in [0.2, 0.25) is 18.6 Å². The van der Waals surface area contributed by atoms with Crippen LogP contribution in [0.15, 0.2) is 42.0 Å². The number of allylic oxidation sites excluding steroid dienone is 4. The summed E-state index contributed by atoms with van der Waals surface area (Å²) in [6.07, 6.45) is 19.2. The number of hydrogen-bond acceptors (Lipinski definition) is 1. The van der Waals surface area contributed by atoms with Crippen LogP contribution in [0.1, 0.15) is 145 Å². The summed E-state index contributed by atoms with van der Waals surface area (Å²) in [5.74, 6) is 2.77. The summed E-state index contributed by atoms with van der Waals surface area (Å²) in [6.45, 7) is 30.1. The first-order valence-corrected chi connectivity index (χ1v) is 21.0. The Morgan fingerprint density at radius 2 is 1.26 bits per heavy atom. The fourth-order valence-corrected chi connectivity index (χ4v) is 17.6. The van der Waals surface area contributed by atoms with Crippen molar-refractivity contribution >= 4 is 13.8 Å². The van der Waals surface area contributed by atoms with Gasteiger partial charge in [-0.2, -0.15) is 0 Å². The second-order valence-corrected chi connectivity index (χ2v) is 21.6. The van der Waals surface area contributed by atoms with E-state index in [-0.39, 0.29) is 16.5 Å². The maximum Gasteiger partial charge on any atom is 0.127 e. The molecule has 1 aromatic carbocycles. The highest BCUT2D eigenvalue weighted by Crippen LogP contribution is 2.64. The van der Waals surface area contributed by atoms with Gasteiger partial charge in [-0.05, 0) is 106 Å². The van der Waals surface area contributed by atoms with E-state index in [4.69, 9.17) is 0 Å². The van der Waals surface area contributed by atoms with Crippen molar-refractivity contribution in [1.82, 2.24) is 4.57 Å². The molecule has 0 aliphatic heterocycles. The second kappa shape index (κ2) is 12.7. The van der Waals surface area contributed by atoms with Crippen LogP contribution in [0.5, 0.6) is 0 Å². The zero-order valence-electron chi connectivity index (χ0n) is 29.9. The predicted octanol–water partition coefficient (Wildman–Crippen LogP) is 12.2. The number of nitrogens with zero attached hydrogens (tertiary/aromatic N) is 1. The van der Waals surface area contributed by atoms with Crippen molar-refractivity contribution < 1.29 is 0 Å². The van der Waals surface area contributed by atoms with Crippen LogP contribution in [-0.4, -0.2) is 23.9 Å². The normalized spacial score (nSPS) is 27.0. The fourth-order valence-electron chi connectivity index (χ4n) is 11.0. The van der Waals surface area contributed by atoms with Gasteiger partial charge < -0.3 is 4.57 Å². The quantitative estimate of drug-likeness (QED) is 0.173. The SMILES string of the molecule is CCCCCCC1(CCCCCC)C2=CC3C(C)C(C)C([Si](C)(C)N(C(C)(C)C)C(C)(C)C)C3C=C2c2ccccc21. The van der Waals surface area contributed by atoms with Crippen LogP contribution in [-0.2, 0) is 5.41 Å². The van der Waals surface area contributed by atoms with E-state index in [2.05, 4.69) is 123 Å². The molecule has 5 atom stereocenters. The molecular weight excluding hydrogens is 523 g/mol. The van der Waals surface area contributed by atoms with Crippen molar-refractivity contribution in [3.8, 4) is 0 Å². The van der Waals surface area contributed by atoms with Gasteiger partial charge in [-0.1, -0.05) is 129 Å². The topological polar surface area (TPSA) is 3.24 Å². The maximum atomic E-state index is 3.00. The molecule has 4 rings (SSSR count). The molecule has 3 aliphatic carbocycles. The van der Waals surface area contributed by atoms with E-state index in [1.807, 2.05) is 0 Å². The van der Waals surface area contributed by atoms with Crippen LogP contribution < -0.4 is 0 Å². The maximum absolute atomic E-state index is 3.00. The molecule has 1 nitrogen and oxygen atoms in total. The lowest BCUT2D eigenvalue weighted by Gasteiger charge is -2.57. The largest absolute Gasteiger partial charge is 0.314 e. The van der Waals surface area contributed by atoms with Crippen LogP contribution in [0.3, 0.4) is 0 Å². The van der Waals surface area contributed by atoms with Gasteiger partial charge in [0.15, 0.2) is 0 Å². The molecule has 0 N–H and O–H groups in total. The highest BCUT2D eigenvalue weighted by molar-refractivity contribution is 6.76. The van der Waals surface area contributed by atoms with Gasteiger partial charge >= 0.3 is 0 Å². The first kappa shape index (κ1) is 33.8. The van der Waals surface area contributed by atoms with E-state index < -0.39 is 8.24 Å². The lowest BCUT2D eigenvalue weighted by atomic mass is 9.67. The number of unbranched alkanes of at least 4 members (excludes halogenated alkanes) is 6. The van der Waals surface area contributed by atoms with E-state index in [1.54, 1.807) is 22.3 Å². The van der Waals surface area contributed by atoms with Crippen molar-refractivity contribution in [1.29, 1.82) is 0 Å². The molecule has 3 aliphatic rings. The van der Waals surface area contributed by atoms with Crippen molar-refractivity contribution in [2.45, 2.75) is 169 Å². The van der Waals surface area contributed by atoms with Gasteiger partial charge in [-0.3, -0.25) is 0 Å². The third-order valence-corrected chi connectivity index (χ3v) is 16.8. The standard InChI is InChI=1S/C40H67NSi/c1-13-15-17-21-25-40(26-22-18-16-14-2)35-24-20-19-23-31(35)33-27-34-32(28-36(33)40)29(3)30(4)37(34)42(11,12)41(38(5,6)7)39(8,9)10/h19-20,23-24,27-30,32,34,37H,13-18,21-22,25-26H2,1-12H3. The van der Waals surface area contributed by atoms with Gasteiger partial charge in [0.2, 0.25) is 0 Å². The van der Waals surface area contributed by atoms with E-state index in [1.165, 1.54) is 64.2 Å². The molecule has 1 aromatic rings. The summed E-state index contributed by atoms with van der Waals surface area (Å²) in [7, 11) is -1.86. The number of benzene rings is 1. The summed E-state index contributed by atoms with van der Waals surface area (Å²) >= 11 is 0. The number of rotatable bonds is 12. The molecule has 2 heteroatoms. The second-order valence-electron chi connectivity index (χ2n) is 17.1. The molecule has 0 saturated heterocycles. The monoisotopic (exact) mass is 590 g/mol. The molecule has 5 unspecified atom stereocenters. The molecule has 0 spiro atoms. The minimum absolute atomic E-state index is 0.157. The molecule has 1 saturated carbocycles. The van der Waals surface area contributed by atoms with Crippen LogP contribution in [0, 0.1) is 23.7 Å². The highest BCUT2D eigenvalue weighted by atomic mass is 28.3. The molecule has 0 amide bonds. The molecule has 0 radical (unpaired) electrons. The van der Waals surface area contributed by atoms with Gasteiger partial charge in [0.25, 0.3) is 0 Å². The van der Waals surface area contributed by atoms with E-state index in [0.717, 1.165) is 17.4 Å². The van der Waals surface area contributed by atoms with E-state index in [0.29, 0.717) is 11.8 Å². The molecule has 0 bridgehead atoms. The predicted molar refractivity (Wildman–Crippen MR) is 190 cm³/mol. The van der Waals surface area contributed by atoms with Gasteiger partial charge in [0.05, 0.1) is 0 Å². The Balaban J connectivity index is 1.82. The summed E-state index contributed by atoms with van der Waals surface area (Å²) in [4.78, 5) is 0. The van der Waals surface area contributed by atoms with Gasteiger partial charge in [-0.25, -0.2) is 0 Å². The zero-order valence-corrected chi connectivity index (χ0v) is 30.9. The van der Waals surface area contributed by atoms with Crippen molar-refractivity contribution in [2.75, 3.05) is 0 Å². The summed E-state index contributed by atoms with van der Waals surface area (Å²) < 4.78 is 3.00. The van der Waals surface area contributed by atoms with E-state index in [9.17, 15) is 0 Å². The van der Waals surface area contributed by atoms with Crippen molar-refractivity contribution in [2.24, 2.45) is 23.7 Å². The smallest absolute Gasteiger partial charge is 0.127 e. The summed E-state index contributed by atoms with van der Waals surface area (Å²) in [5, 5.41) is 0. The Labute approximate surface area is 263 Å². The van der Waals surface area contributed by atoms with E-state index >= 15 is 0 Å². The minimum Gasteiger partial charge on any atom is -0.314 e. The fraction of sp³-hybridized carbons (Fsp3) is 0.750. The van der Waals surface area contributed by atoms with Gasteiger partial charge in [-0.15, -0.1) is 0 Å². The van der Waals surface area contributed by atoms with Gasteiger partial charge in [0, 0.05) is 16.5 Å². The Hall–Kier alpha value is -1.12. The van der Waals surface area contributed by atoms with Crippen LogP contribution in [0.4, 0.5) is 0 Å². The average molecular weight is 590 g/mol. The third-order valence-electron chi connectivity index (χ3n) is 11.8. The molecule has 0 aromatic heterocycles. The van der Waals surface area contributed by atoms with Crippen molar-refractivity contribution in [3.05, 3.63) is 53.1 Å².